The van der Waals surface area contributed by atoms with Gasteiger partial charge in [0.2, 0.25) is 0 Å². The first-order valence-electron chi connectivity index (χ1n) is 5.01. The number of nitrogens with zero attached hydrogens (tertiary/aromatic N) is 2. The number of aromatic nitrogens is 2. The second-order valence-corrected chi connectivity index (χ2v) is 4.07. The van der Waals surface area contributed by atoms with Crippen molar-refractivity contribution in [3.05, 3.63) is 16.4 Å². The zero-order chi connectivity index (χ0) is 11.6. The molecule has 1 heterocycles. The van der Waals surface area contributed by atoms with Crippen LogP contribution in [0.5, 0.6) is 0 Å². The summed E-state index contributed by atoms with van der Waals surface area (Å²) in [7, 11) is 0. The van der Waals surface area contributed by atoms with Crippen LogP contribution >= 0.6 is 11.6 Å². The van der Waals surface area contributed by atoms with Gasteiger partial charge in [0, 0.05) is 12.6 Å². The van der Waals surface area contributed by atoms with Crippen molar-refractivity contribution >= 4 is 17.5 Å². The van der Waals surface area contributed by atoms with Gasteiger partial charge in [0.05, 0.1) is 10.7 Å². The molecule has 0 unspecified atom stereocenters. The van der Waals surface area contributed by atoms with Crippen LogP contribution in [0, 0.1) is 6.92 Å². The first kappa shape index (κ1) is 12.0. The van der Waals surface area contributed by atoms with Crippen LogP contribution in [0.3, 0.4) is 0 Å². The highest BCUT2D eigenvalue weighted by molar-refractivity contribution is 6.34. The second-order valence-electron chi connectivity index (χ2n) is 3.69. The van der Waals surface area contributed by atoms with Crippen LogP contribution in [0.15, 0.2) is 0 Å². The molecule has 0 saturated heterocycles. The van der Waals surface area contributed by atoms with E-state index in [1.807, 2.05) is 20.8 Å². The van der Waals surface area contributed by atoms with E-state index in [1.54, 1.807) is 11.6 Å². The molecule has 0 spiro atoms. The smallest absolute Gasteiger partial charge is 0.271 e. The molecule has 0 aromatic carbocycles. The minimum absolute atomic E-state index is 0.0917. The van der Waals surface area contributed by atoms with Crippen molar-refractivity contribution in [3.63, 3.8) is 0 Å². The molecule has 1 aromatic heterocycles. The third kappa shape index (κ3) is 2.50. The summed E-state index contributed by atoms with van der Waals surface area (Å²) in [6, 6.07) is 0.0917. The van der Waals surface area contributed by atoms with Crippen molar-refractivity contribution in [2.45, 2.75) is 40.3 Å². The maximum atomic E-state index is 11.8. The molecule has 0 aliphatic carbocycles. The zero-order valence-electron chi connectivity index (χ0n) is 9.47. The molecule has 84 valence electrons. The molecule has 0 aliphatic rings. The molecule has 1 N–H and O–H groups in total. The third-order valence-electron chi connectivity index (χ3n) is 1.99. The van der Waals surface area contributed by atoms with E-state index in [4.69, 9.17) is 11.6 Å². The van der Waals surface area contributed by atoms with Gasteiger partial charge in [0.25, 0.3) is 5.91 Å². The summed E-state index contributed by atoms with van der Waals surface area (Å²) in [5, 5.41) is 7.42. The number of carbonyl (C=O) groups excluding carboxylic acids is 1. The van der Waals surface area contributed by atoms with Crippen LogP contribution in [-0.2, 0) is 6.54 Å². The Morgan fingerprint density at radius 2 is 2.20 bits per heavy atom. The predicted octanol–water partition coefficient (Wildman–Crippen LogP) is 2.00. The van der Waals surface area contributed by atoms with Crippen molar-refractivity contribution in [2.24, 2.45) is 0 Å². The van der Waals surface area contributed by atoms with E-state index in [2.05, 4.69) is 10.4 Å². The molecule has 15 heavy (non-hydrogen) atoms. The summed E-state index contributed by atoms with van der Waals surface area (Å²) >= 11 is 6.03. The van der Waals surface area contributed by atoms with Gasteiger partial charge < -0.3 is 5.32 Å². The summed E-state index contributed by atoms with van der Waals surface area (Å²) in [5.41, 5.74) is 1.14. The number of hydrogen-bond acceptors (Lipinski definition) is 2. The lowest BCUT2D eigenvalue weighted by atomic mass is 10.3. The Morgan fingerprint density at radius 3 is 2.67 bits per heavy atom. The van der Waals surface area contributed by atoms with Crippen molar-refractivity contribution in [1.82, 2.24) is 15.1 Å². The Morgan fingerprint density at radius 1 is 1.60 bits per heavy atom. The van der Waals surface area contributed by atoms with E-state index >= 15 is 0 Å². The fourth-order valence-electron chi connectivity index (χ4n) is 1.34. The molecule has 1 aromatic rings. The average molecular weight is 230 g/mol. The second kappa shape index (κ2) is 4.66. The summed E-state index contributed by atoms with van der Waals surface area (Å²) in [6.07, 6.45) is 0. The van der Waals surface area contributed by atoms with Gasteiger partial charge in [-0.1, -0.05) is 11.6 Å². The molecule has 1 rings (SSSR count). The lowest BCUT2D eigenvalue weighted by Crippen LogP contribution is -2.32. The summed E-state index contributed by atoms with van der Waals surface area (Å²) in [6.45, 7) is 8.17. The largest absolute Gasteiger partial charge is 0.348 e. The van der Waals surface area contributed by atoms with Crippen LogP contribution in [0.4, 0.5) is 0 Å². The normalized spacial score (nSPS) is 10.8. The van der Waals surface area contributed by atoms with Gasteiger partial charge in [-0.05, 0) is 27.7 Å². The zero-order valence-corrected chi connectivity index (χ0v) is 10.2. The number of nitrogens with one attached hydrogen (secondary N) is 1. The summed E-state index contributed by atoms with van der Waals surface area (Å²) in [4.78, 5) is 11.8. The van der Waals surface area contributed by atoms with Crippen molar-refractivity contribution in [2.75, 3.05) is 0 Å². The van der Waals surface area contributed by atoms with Crippen molar-refractivity contribution < 1.29 is 4.79 Å². The Bertz CT molecular complexity index is 371. The first-order chi connectivity index (χ1) is 6.97. The van der Waals surface area contributed by atoms with Gasteiger partial charge in [-0.2, -0.15) is 5.10 Å². The molecule has 0 radical (unpaired) electrons. The minimum atomic E-state index is -0.169. The fraction of sp³-hybridized carbons (Fsp3) is 0.600. The molecule has 0 fully saturated rings. The Kier molecular flexibility index (Phi) is 3.74. The number of aryl methyl sites for hydroxylation is 2. The van der Waals surface area contributed by atoms with Crippen LogP contribution in [0.1, 0.15) is 37.0 Å². The maximum absolute atomic E-state index is 11.8. The van der Waals surface area contributed by atoms with Gasteiger partial charge >= 0.3 is 0 Å². The van der Waals surface area contributed by atoms with E-state index < -0.39 is 0 Å². The van der Waals surface area contributed by atoms with E-state index in [-0.39, 0.29) is 11.9 Å². The highest BCUT2D eigenvalue weighted by Crippen LogP contribution is 2.20. The highest BCUT2D eigenvalue weighted by atomic mass is 35.5. The van der Waals surface area contributed by atoms with Crippen molar-refractivity contribution in [3.8, 4) is 0 Å². The van der Waals surface area contributed by atoms with Crippen molar-refractivity contribution in [1.29, 1.82) is 0 Å². The van der Waals surface area contributed by atoms with Gasteiger partial charge in [-0.25, -0.2) is 0 Å². The topological polar surface area (TPSA) is 46.9 Å². The number of carbonyl (C=O) groups is 1. The molecular weight excluding hydrogens is 214 g/mol. The number of amides is 1. The molecule has 0 saturated carbocycles. The molecule has 1 amide bonds. The molecule has 0 bridgehead atoms. The van der Waals surface area contributed by atoms with E-state index in [9.17, 15) is 4.79 Å². The lowest BCUT2D eigenvalue weighted by Gasteiger charge is -2.09. The first-order valence-corrected chi connectivity index (χ1v) is 5.38. The quantitative estimate of drug-likeness (QED) is 0.862. The standard InChI is InChI=1S/C10H16ClN3O/c1-5-14-9(8(11)7(4)13-14)10(15)12-6(2)3/h6H,5H2,1-4H3,(H,12,15). The predicted molar refractivity (Wildman–Crippen MR) is 60.3 cm³/mol. The van der Waals surface area contributed by atoms with Crippen LogP contribution < -0.4 is 5.32 Å². The molecule has 5 heteroatoms. The Hall–Kier alpha value is -1.03. The fourth-order valence-corrected chi connectivity index (χ4v) is 1.56. The van der Waals surface area contributed by atoms with Crippen LogP contribution in [0.25, 0.3) is 0 Å². The molecule has 0 atom stereocenters. The van der Waals surface area contributed by atoms with Gasteiger partial charge in [0.15, 0.2) is 0 Å². The minimum Gasteiger partial charge on any atom is -0.348 e. The molecule has 0 aliphatic heterocycles. The van der Waals surface area contributed by atoms with Gasteiger partial charge in [-0.15, -0.1) is 0 Å². The van der Waals surface area contributed by atoms with Gasteiger partial charge in [-0.3, -0.25) is 9.48 Å². The van der Waals surface area contributed by atoms with E-state index in [1.165, 1.54) is 0 Å². The van der Waals surface area contributed by atoms with E-state index in [0.717, 1.165) is 0 Å². The molecular formula is C10H16ClN3O. The number of halogens is 1. The Labute approximate surface area is 94.6 Å². The van der Waals surface area contributed by atoms with Crippen LogP contribution in [-0.4, -0.2) is 21.7 Å². The number of hydrogen-bond donors (Lipinski definition) is 1. The summed E-state index contributed by atoms with van der Waals surface area (Å²) < 4.78 is 1.62. The average Bonchev–Trinajstić information content (AvgIpc) is 2.41. The third-order valence-corrected chi connectivity index (χ3v) is 2.44. The Balaban J connectivity index is 3.06. The monoisotopic (exact) mass is 229 g/mol. The number of rotatable bonds is 3. The van der Waals surface area contributed by atoms with Gasteiger partial charge in [0.1, 0.15) is 5.69 Å². The SMILES string of the molecule is CCn1nc(C)c(Cl)c1C(=O)NC(C)C. The van der Waals surface area contributed by atoms with Crippen LogP contribution in [0.2, 0.25) is 5.02 Å². The molecule has 4 nitrogen and oxygen atoms in total. The van der Waals surface area contributed by atoms with E-state index in [0.29, 0.717) is 23.0 Å². The summed E-state index contributed by atoms with van der Waals surface area (Å²) in [5.74, 6) is -0.169. The lowest BCUT2D eigenvalue weighted by molar-refractivity contribution is 0.0932. The maximum Gasteiger partial charge on any atom is 0.271 e. The highest BCUT2D eigenvalue weighted by Gasteiger charge is 2.19.